The van der Waals surface area contributed by atoms with Crippen molar-refractivity contribution in [2.75, 3.05) is 18.4 Å². The van der Waals surface area contributed by atoms with Gasteiger partial charge in [0.1, 0.15) is 11.6 Å². The van der Waals surface area contributed by atoms with E-state index in [4.69, 9.17) is 4.84 Å². The third-order valence-corrected chi connectivity index (χ3v) is 5.35. The summed E-state index contributed by atoms with van der Waals surface area (Å²) < 4.78 is 13.5. The number of hydrogen-bond acceptors (Lipinski definition) is 5. The molecular formula is C22H23FN4O3. The maximum Gasteiger partial charge on any atom is 0.266 e. The van der Waals surface area contributed by atoms with Gasteiger partial charge in [0.15, 0.2) is 0 Å². The average molecular weight is 410 g/mol. The first-order chi connectivity index (χ1) is 14.5. The summed E-state index contributed by atoms with van der Waals surface area (Å²) in [6, 6.07) is 11.5. The zero-order valence-electron chi connectivity index (χ0n) is 16.7. The van der Waals surface area contributed by atoms with E-state index in [1.54, 1.807) is 23.1 Å². The quantitative estimate of drug-likeness (QED) is 0.840. The van der Waals surface area contributed by atoms with Crippen molar-refractivity contribution >= 4 is 23.3 Å². The number of likely N-dealkylation sites (tertiary alicyclic amines) is 1. The molecule has 0 aliphatic carbocycles. The lowest BCUT2D eigenvalue weighted by molar-refractivity contribution is -0.144. The fourth-order valence-electron chi connectivity index (χ4n) is 3.78. The molecule has 156 valence electrons. The second-order valence-corrected chi connectivity index (χ2v) is 7.62. The van der Waals surface area contributed by atoms with Gasteiger partial charge in [-0.3, -0.25) is 9.59 Å². The van der Waals surface area contributed by atoms with Gasteiger partial charge in [0.05, 0.1) is 11.6 Å². The molecule has 0 unspecified atom stereocenters. The summed E-state index contributed by atoms with van der Waals surface area (Å²) in [6.45, 7) is 2.75. The van der Waals surface area contributed by atoms with Crippen molar-refractivity contribution in [3.63, 3.8) is 0 Å². The third-order valence-electron chi connectivity index (χ3n) is 5.35. The number of aromatic nitrogens is 1. The number of oxime groups is 1. The molecule has 3 heterocycles. The molecule has 0 spiro atoms. The average Bonchev–Trinajstić information content (AvgIpc) is 3.24. The number of hydrogen-bond donors (Lipinski definition) is 1. The Morgan fingerprint density at radius 3 is 2.87 bits per heavy atom. The second-order valence-electron chi connectivity index (χ2n) is 7.62. The Kier molecular flexibility index (Phi) is 5.74. The summed E-state index contributed by atoms with van der Waals surface area (Å²) in [4.78, 5) is 36.9. The Bertz CT molecular complexity index is 994. The lowest BCUT2D eigenvalue weighted by atomic mass is 9.96. The van der Waals surface area contributed by atoms with E-state index in [9.17, 15) is 14.0 Å². The summed E-state index contributed by atoms with van der Waals surface area (Å²) in [5.41, 5.74) is 1.97. The van der Waals surface area contributed by atoms with E-state index in [1.165, 1.54) is 12.1 Å². The smallest absolute Gasteiger partial charge is 0.266 e. The van der Waals surface area contributed by atoms with Crippen LogP contribution in [0.25, 0.3) is 0 Å². The lowest BCUT2D eigenvalue weighted by Gasteiger charge is -2.33. The fourth-order valence-corrected chi connectivity index (χ4v) is 3.78. The van der Waals surface area contributed by atoms with Gasteiger partial charge >= 0.3 is 0 Å². The highest BCUT2D eigenvalue weighted by Crippen LogP contribution is 2.23. The van der Waals surface area contributed by atoms with Crippen LogP contribution in [0.5, 0.6) is 0 Å². The molecule has 1 aromatic carbocycles. The molecule has 2 amide bonds. The van der Waals surface area contributed by atoms with Crippen molar-refractivity contribution < 1.29 is 18.8 Å². The van der Waals surface area contributed by atoms with Gasteiger partial charge in [0.25, 0.3) is 5.91 Å². The number of nitrogens with one attached hydrogen (secondary N) is 1. The van der Waals surface area contributed by atoms with Crippen LogP contribution >= 0.6 is 0 Å². The number of carbonyl (C=O) groups is 2. The number of anilines is 1. The van der Waals surface area contributed by atoms with Gasteiger partial charge in [-0.25, -0.2) is 9.37 Å². The Hall–Kier alpha value is -3.29. The number of nitrogens with zero attached hydrogens (tertiary/aromatic N) is 3. The van der Waals surface area contributed by atoms with E-state index < -0.39 is 6.10 Å². The first kappa shape index (κ1) is 20.0. The molecule has 2 aromatic rings. The molecule has 0 radical (unpaired) electrons. The van der Waals surface area contributed by atoms with Gasteiger partial charge in [-0.15, -0.1) is 0 Å². The second kappa shape index (κ2) is 8.61. The van der Waals surface area contributed by atoms with Gasteiger partial charge in [0.2, 0.25) is 12.0 Å². The van der Waals surface area contributed by atoms with Crippen LogP contribution in [0.15, 0.2) is 47.6 Å². The predicted molar refractivity (Wildman–Crippen MR) is 109 cm³/mol. The molecule has 7 nitrogen and oxygen atoms in total. The Morgan fingerprint density at radius 2 is 2.07 bits per heavy atom. The molecular weight excluding hydrogens is 387 g/mol. The minimum absolute atomic E-state index is 0.144. The minimum atomic E-state index is -0.747. The summed E-state index contributed by atoms with van der Waals surface area (Å²) >= 11 is 0. The predicted octanol–water partition coefficient (Wildman–Crippen LogP) is 2.90. The van der Waals surface area contributed by atoms with Gasteiger partial charge in [0, 0.05) is 30.8 Å². The molecule has 8 heteroatoms. The molecule has 1 saturated heterocycles. The van der Waals surface area contributed by atoms with Crippen LogP contribution < -0.4 is 5.32 Å². The van der Waals surface area contributed by atoms with Crippen molar-refractivity contribution in [1.82, 2.24) is 9.88 Å². The monoisotopic (exact) mass is 410 g/mol. The molecule has 0 saturated carbocycles. The third kappa shape index (κ3) is 4.48. The van der Waals surface area contributed by atoms with E-state index in [-0.39, 0.29) is 30.0 Å². The number of carbonyl (C=O) groups excluding carboxylic acids is 2. The zero-order valence-corrected chi connectivity index (χ0v) is 16.7. The van der Waals surface area contributed by atoms with Crippen LogP contribution in [-0.4, -0.2) is 46.6 Å². The van der Waals surface area contributed by atoms with Crippen LogP contribution in [0, 0.1) is 18.7 Å². The fraction of sp³-hybridized carbons (Fsp3) is 0.364. The van der Waals surface area contributed by atoms with E-state index in [2.05, 4.69) is 15.5 Å². The van der Waals surface area contributed by atoms with E-state index in [0.717, 1.165) is 12.1 Å². The van der Waals surface area contributed by atoms with E-state index in [0.29, 0.717) is 36.6 Å². The highest BCUT2D eigenvalue weighted by Gasteiger charge is 2.36. The Balaban J connectivity index is 1.35. The van der Waals surface area contributed by atoms with Gasteiger partial charge in [-0.1, -0.05) is 23.4 Å². The standard InChI is InChI=1S/C22H23FN4O3/c1-14-5-2-9-20(24-14)25-21(28)16-7-4-10-27(13-16)22(29)19-12-18(26-30-19)15-6-3-8-17(23)11-15/h2-3,5-6,8-9,11,16,19H,4,7,10,12-13H2,1H3,(H,24,25,28)/t16-,19+/m0/s1. The first-order valence-corrected chi connectivity index (χ1v) is 10.0. The Morgan fingerprint density at radius 1 is 1.23 bits per heavy atom. The largest absolute Gasteiger partial charge is 0.382 e. The summed E-state index contributed by atoms with van der Waals surface area (Å²) in [6.07, 6.45) is 0.972. The SMILES string of the molecule is Cc1cccc(NC(=O)[C@H]2CCCN(C(=O)[C@H]3CC(c4cccc(F)c4)=NO3)C2)n1. The molecule has 2 aliphatic heterocycles. The highest BCUT2D eigenvalue weighted by molar-refractivity contribution is 6.04. The van der Waals surface area contributed by atoms with Crippen molar-refractivity contribution in [3.05, 3.63) is 59.5 Å². The summed E-state index contributed by atoms with van der Waals surface area (Å²) in [7, 11) is 0. The Labute approximate surface area is 173 Å². The van der Waals surface area contributed by atoms with Crippen molar-refractivity contribution in [2.45, 2.75) is 32.3 Å². The van der Waals surface area contributed by atoms with E-state index >= 15 is 0 Å². The molecule has 30 heavy (non-hydrogen) atoms. The van der Waals surface area contributed by atoms with Crippen LogP contribution in [0.4, 0.5) is 10.2 Å². The number of benzene rings is 1. The van der Waals surface area contributed by atoms with Crippen molar-refractivity contribution in [2.24, 2.45) is 11.1 Å². The van der Waals surface area contributed by atoms with Gasteiger partial charge in [-0.2, -0.15) is 0 Å². The van der Waals surface area contributed by atoms with Gasteiger partial charge in [-0.05, 0) is 44.0 Å². The molecule has 1 fully saturated rings. The molecule has 0 bridgehead atoms. The first-order valence-electron chi connectivity index (χ1n) is 10.0. The number of aryl methyl sites for hydroxylation is 1. The van der Waals surface area contributed by atoms with Gasteiger partial charge < -0.3 is 15.1 Å². The van der Waals surface area contributed by atoms with Crippen LogP contribution in [0.3, 0.4) is 0 Å². The highest BCUT2D eigenvalue weighted by atomic mass is 19.1. The molecule has 2 aliphatic rings. The summed E-state index contributed by atoms with van der Waals surface area (Å²) in [5, 5.41) is 6.82. The molecule has 1 N–H and O–H groups in total. The number of halogens is 1. The van der Waals surface area contributed by atoms with E-state index in [1.807, 2.05) is 19.1 Å². The normalized spacial score (nSPS) is 21.0. The number of rotatable bonds is 4. The number of piperidine rings is 1. The number of amides is 2. The van der Waals surface area contributed by atoms with Crippen LogP contribution in [0.2, 0.25) is 0 Å². The maximum atomic E-state index is 13.5. The summed E-state index contributed by atoms with van der Waals surface area (Å²) in [5.74, 6) is -0.505. The molecule has 4 rings (SSSR count). The van der Waals surface area contributed by atoms with Crippen molar-refractivity contribution in [3.8, 4) is 0 Å². The van der Waals surface area contributed by atoms with Crippen LogP contribution in [0.1, 0.15) is 30.5 Å². The van der Waals surface area contributed by atoms with Crippen molar-refractivity contribution in [1.29, 1.82) is 0 Å². The lowest BCUT2D eigenvalue weighted by Crippen LogP contribution is -2.47. The number of pyridine rings is 1. The molecule has 1 aromatic heterocycles. The topological polar surface area (TPSA) is 83.9 Å². The maximum absolute atomic E-state index is 13.5. The molecule has 2 atom stereocenters. The zero-order chi connectivity index (χ0) is 21.1. The minimum Gasteiger partial charge on any atom is -0.382 e. The van der Waals surface area contributed by atoms with Crippen LogP contribution in [-0.2, 0) is 14.4 Å².